The van der Waals surface area contributed by atoms with Crippen molar-refractivity contribution in [1.29, 1.82) is 0 Å². The fourth-order valence-corrected chi connectivity index (χ4v) is 5.04. The zero-order valence-corrected chi connectivity index (χ0v) is 17.7. The first-order valence-corrected chi connectivity index (χ1v) is 11.0. The number of amides is 1. The number of Topliss-reactive ketones (excluding diaryl/α,β-unsaturated/α-hetero) is 1. The van der Waals surface area contributed by atoms with Gasteiger partial charge in [-0.3, -0.25) is 9.59 Å². The second kappa shape index (κ2) is 9.39. The monoisotopic (exact) mass is 417 g/mol. The van der Waals surface area contributed by atoms with Crippen LogP contribution in [0.1, 0.15) is 43.3 Å². The lowest BCUT2D eigenvalue weighted by Crippen LogP contribution is -2.29. The van der Waals surface area contributed by atoms with Crippen molar-refractivity contribution in [3.05, 3.63) is 51.2 Å². The van der Waals surface area contributed by atoms with Crippen molar-refractivity contribution in [1.82, 2.24) is 4.90 Å². The Kier molecular flexibility index (Phi) is 6.91. The van der Waals surface area contributed by atoms with Crippen molar-refractivity contribution in [3.63, 3.8) is 0 Å². The summed E-state index contributed by atoms with van der Waals surface area (Å²) in [5.41, 5.74) is 0.988. The molecule has 2 heterocycles. The molecule has 28 heavy (non-hydrogen) atoms. The summed E-state index contributed by atoms with van der Waals surface area (Å²) in [6, 6.07) is 8.85. The first kappa shape index (κ1) is 20.6. The molecule has 1 aliphatic rings. The molecule has 1 saturated heterocycles. The van der Waals surface area contributed by atoms with Gasteiger partial charge in [0.05, 0.1) is 11.3 Å². The summed E-state index contributed by atoms with van der Waals surface area (Å²) in [7, 11) is 0. The molecule has 0 spiro atoms. The Morgan fingerprint density at radius 3 is 2.50 bits per heavy atom. The van der Waals surface area contributed by atoms with E-state index in [1.807, 2.05) is 30.9 Å². The smallest absolute Gasteiger partial charge is 0.339 e. The molecule has 0 aliphatic carbocycles. The second-order valence-corrected chi connectivity index (χ2v) is 9.18. The van der Waals surface area contributed by atoms with Crippen LogP contribution in [0.5, 0.6) is 0 Å². The Labute approximate surface area is 173 Å². The summed E-state index contributed by atoms with van der Waals surface area (Å²) in [6.07, 6.45) is 2.10. The lowest BCUT2D eigenvalue weighted by molar-refractivity contribution is -0.127. The first-order chi connectivity index (χ1) is 13.5. The fourth-order valence-electron chi connectivity index (χ4n) is 3.15. The summed E-state index contributed by atoms with van der Waals surface area (Å²) < 4.78 is 5.26. The highest BCUT2D eigenvalue weighted by Gasteiger charge is 2.20. The van der Waals surface area contributed by atoms with E-state index in [-0.39, 0.29) is 24.1 Å². The van der Waals surface area contributed by atoms with Crippen molar-refractivity contribution < 1.29 is 19.1 Å². The van der Waals surface area contributed by atoms with E-state index in [1.165, 1.54) is 11.8 Å². The maximum atomic E-state index is 12.5. The van der Waals surface area contributed by atoms with Crippen LogP contribution in [0.3, 0.4) is 0 Å². The van der Waals surface area contributed by atoms with Gasteiger partial charge in [0.15, 0.2) is 6.61 Å². The number of benzene rings is 1. The SMILES string of the molecule is Cc1cc(C(=O)COC(=O)c2ccccc2SCC(=O)N2CCCC2)c(C)s1. The molecule has 1 aromatic carbocycles. The molecular formula is C21H23NO4S2. The lowest BCUT2D eigenvalue weighted by atomic mass is 10.2. The summed E-state index contributed by atoms with van der Waals surface area (Å²) in [5, 5.41) is 0. The molecule has 7 heteroatoms. The number of hydrogen-bond donors (Lipinski definition) is 0. The number of rotatable bonds is 7. The quantitative estimate of drug-likeness (QED) is 0.385. The minimum atomic E-state index is -0.547. The maximum absolute atomic E-state index is 12.5. The number of thiophene rings is 1. The standard InChI is InChI=1S/C21H23NO4S2/c1-14-11-17(15(2)28-14)18(23)12-26-21(25)16-7-3-4-8-19(16)27-13-20(24)22-9-5-6-10-22/h3-4,7-8,11H,5-6,9-10,12-13H2,1-2H3. The zero-order valence-electron chi connectivity index (χ0n) is 16.0. The third kappa shape index (κ3) is 5.02. The van der Waals surface area contributed by atoms with Gasteiger partial charge in [0.1, 0.15) is 0 Å². The molecule has 3 rings (SSSR count). The van der Waals surface area contributed by atoms with Gasteiger partial charge in [0, 0.05) is 33.3 Å². The second-order valence-electron chi connectivity index (χ2n) is 6.70. The Bertz CT molecular complexity index is 884. The van der Waals surface area contributed by atoms with Gasteiger partial charge < -0.3 is 9.64 Å². The van der Waals surface area contributed by atoms with Crippen LogP contribution in [0.2, 0.25) is 0 Å². The van der Waals surface area contributed by atoms with E-state index in [1.54, 1.807) is 29.5 Å². The molecule has 0 atom stereocenters. The average molecular weight is 418 g/mol. The van der Waals surface area contributed by atoms with Crippen molar-refractivity contribution in [2.75, 3.05) is 25.4 Å². The van der Waals surface area contributed by atoms with E-state index in [2.05, 4.69) is 0 Å². The molecular weight excluding hydrogens is 394 g/mol. The van der Waals surface area contributed by atoms with E-state index >= 15 is 0 Å². The van der Waals surface area contributed by atoms with E-state index in [9.17, 15) is 14.4 Å². The van der Waals surface area contributed by atoms with Gasteiger partial charge in [0.25, 0.3) is 0 Å². The number of aryl methyl sites for hydroxylation is 2. The average Bonchev–Trinajstić information content (AvgIpc) is 3.33. The molecule has 1 fully saturated rings. The van der Waals surface area contributed by atoms with Crippen molar-refractivity contribution in [3.8, 4) is 0 Å². The zero-order chi connectivity index (χ0) is 20.1. The van der Waals surface area contributed by atoms with Crippen LogP contribution in [0.15, 0.2) is 35.2 Å². The molecule has 148 valence electrons. The van der Waals surface area contributed by atoms with Crippen LogP contribution in [0, 0.1) is 13.8 Å². The third-order valence-electron chi connectivity index (χ3n) is 4.59. The maximum Gasteiger partial charge on any atom is 0.339 e. The molecule has 5 nitrogen and oxygen atoms in total. The third-order valence-corrected chi connectivity index (χ3v) is 6.62. The lowest BCUT2D eigenvalue weighted by Gasteiger charge is -2.15. The largest absolute Gasteiger partial charge is 0.454 e. The molecule has 1 amide bonds. The first-order valence-electron chi connectivity index (χ1n) is 9.22. The normalized spacial score (nSPS) is 13.6. The highest BCUT2D eigenvalue weighted by molar-refractivity contribution is 8.00. The van der Waals surface area contributed by atoms with Crippen molar-refractivity contribution >= 4 is 40.8 Å². The summed E-state index contributed by atoms with van der Waals surface area (Å²) in [6.45, 7) is 5.16. The summed E-state index contributed by atoms with van der Waals surface area (Å²) >= 11 is 2.88. The van der Waals surface area contributed by atoms with Gasteiger partial charge in [0.2, 0.25) is 11.7 Å². The molecule has 0 radical (unpaired) electrons. The van der Waals surface area contributed by atoms with E-state index < -0.39 is 5.97 Å². The van der Waals surface area contributed by atoms with Crippen molar-refractivity contribution in [2.24, 2.45) is 0 Å². The van der Waals surface area contributed by atoms with Crippen LogP contribution in [0.4, 0.5) is 0 Å². The van der Waals surface area contributed by atoms with Gasteiger partial charge in [-0.15, -0.1) is 23.1 Å². The van der Waals surface area contributed by atoms with Gasteiger partial charge in [-0.25, -0.2) is 4.79 Å². The molecule has 1 aromatic heterocycles. The number of carbonyl (C=O) groups is 3. The van der Waals surface area contributed by atoms with Crippen LogP contribution in [-0.2, 0) is 9.53 Å². The Balaban J connectivity index is 1.59. The highest BCUT2D eigenvalue weighted by Crippen LogP contribution is 2.25. The number of carbonyl (C=O) groups excluding carboxylic acids is 3. The van der Waals surface area contributed by atoms with E-state index in [0.717, 1.165) is 35.7 Å². The number of thioether (sulfide) groups is 1. The van der Waals surface area contributed by atoms with Crippen molar-refractivity contribution in [2.45, 2.75) is 31.6 Å². The highest BCUT2D eigenvalue weighted by atomic mass is 32.2. The number of nitrogens with zero attached hydrogens (tertiary/aromatic N) is 1. The predicted octanol–water partition coefficient (Wildman–Crippen LogP) is 4.12. The van der Waals surface area contributed by atoms with Crippen LogP contribution in [0.25, 0.3) is 0 Å². The predicted molar refractivity (Wildman–Crippen MR) is 111 cm³/mol. The summed E-state index contributed by atoms with van der Waals surface area (Å²) in [4.78, 5) is 41.6. The Morgan fingerprint density at radius 2 is 1.82 bits per heavy atom. The van der Waals surface area contributed by atoms with Crippen LogP contribution >= 0.6 is 23.1 Å². The molecule has 1 aliphatic heterocycles. The number of likely N-dealkylation sites (tertiary alicyclic amines) is 1. The van der Waals surface area contributed by atoms with Gasteiger partial charge >= 0.3 is 5.97 Å². The molecule has 0 saturated carbocycles. The molecule has 0 unspecified atom stereocenters. The number of ether oxygens (including phenoxy) is 1. The Hall–Kier alpha value is -2.12. The molecule has 0 N–H and O–H groups in total. The molecule has 0 bridgehead atoms. The van der Waals surface area contributed by atoms with E-state index in [4.69, 9.17) is 4.74 Å². The van der Waals surface area contributed by atoms with Gasteiger partial charge in [-0.1, -0.05) is 12.1 Å². The topological polar surface area (TPSA) is 63.7 Å². The van der Waals surface area contributed by atoms with Crippen LogP contribution in [-0.4, -0.2) is 48.0 Å². The van der Waals surface area contributed by atoms with E-state index in [0.29, 0.717) is 16.0 Å². The number of hydrogen-bond acceptors (Lipinski definition) is 6. The van der Waals surface area contributed by atoms with Gasteiger partial charge in [-0.05, 0) is 44.9 Å². The summed E-state index contributed by atoms with van der Waals surface area (Å²) in [5.74, 6) is -0.375. The number of esters is 1. The van der Waals surface area contributed by atoms with Gasteiger partial charge in [-0.2, -0.15) is 0 Å². The fraction of sp³-hybridized carbons (Fsp3) is 0.381. The molecule has 2 aromatic rings. The van der Waals surface area contributed by atoms with Crippen LogP contribution < -0.4 is 0 Å². The Morgan fingerprint density at radius 1 is 1.11 bits per heavy atom. The minimum absolute atomic E-state index is 0.0872. The number of ketones is 1. The minimum Gasteiger partial charge on any atom is -0.454 e.